The van der Waals surface area contributed by atoms with Gasteiger partial charge < -0.3 is 14.9 Å². The number of aliphatic hydroxyl groups excluding tert-OH is 1. The largest absolute Gasteiger partial charge is 0.391 e. The van der Waals surface area contributed by atoms with Gasteiger partial charge in [0.2, 0.25) is 17.6 Å². The van der Waals surface area contributed by atoms with Crippen LogP contribution in [0.25, 0.3) is 11.5 Å². The molecule has 0 fully saturated rings. The second kappa shape index (κ2) is 7.32. The summed E-state index contributed by atoms with van der Waals surface area (Å²) < 4.78 is 5.12. The lowest BCUT2D eigenvalue weighted by molar-refractivity contribution is -0.121. The van der Waals surface area contributed by atoms with Crippen LogP contribution in [0.15, 0.2) is 28.9 Å². The monoisotopic (exact) mass is 318 g/mol. The molecule has 1 atom stereocenters. The number of aliphatic hydroxyl groups is 1. The van der Waals surface area contributed by atoms with E-state index in [1.165, 1.54) is 0 Å². The zero-order chi connectivity index (χ0) is 16.9. The first kappa shape index (κ1) is 17.1. The molecule has 0 spiro atoms. The molecule has 2 N–H and O–H groups in total. The van der Waals surface area contributed by atoms with Crippen molar-refractivity contribution < 1.29 is 14.4 Å². The van der Waals surface area contributed by atoms with Crippen molar-refractivity contribution in [1.82, 2.24) is 20.4 Å². The smallest absolute Gasteiger partial charge is 0.227 e. The van der Waals surface area contributed by atoms with E-state index in [1.807, 2.05) is 26.8 Å². The van der Waals surface area contributed by atoms with Crippen LogP contribution in [0.4, 0.5) is 0 Å². The Labute approximate surface area is 135 Å². The Morgan fingerprint density at radius 3 is 2.83 bits per heavy atom. The number of aromatic nitrogens is 3. The maximum absolute atomic E-state index is 11.8. The van der Waals surface area contributed by atoms with E-state index in [1.54, 1.807) is 18.3 Å². The maximum atomic E-state index is 11.8. The first-order valence-corrected chi connectivity index (χ1v) is 7.55. The van der Waals surface area contributed by atoms with Crippen molar-refractivity contribution in [2.75, 3.05) is 6.54 Å². The first-order valence-electron chi connectivity index (χ1n) is 7.55. The second-order valence-corrected chi connectivity index (χ2v) is 6.41. The van der Waals surface area contributed by atoms with Crippen LogP contribution in [0, 0.1) is 5.41 Å². The van der Waals surface area contributed by atoms with Crippen LogP contribution in [-0.2, 0) is 11.2 Å². The number of nitrogens with zero attached hydrogens (tertiary/aromatic N) is 3. The van der Waals surface area contributed by atoms with Crippen molar-refractivity contribution in [3.05, 3.63) is 30.3 Å². The average Bonchev–Trinajstić information content (AvgIpc) is 2.99. The summed E-state index contributed by atoms with van der Waals surface area (Å²) >= 11 is 0. The molecule has 0 aromatic carbocycles. The van der Waals surface area contributed by atoms with E-state index in [9.17, 15) is 9.90 Å². The van der Waals surface area contributed by atoms with Gasteiger partial charge in [0.15, 0.2) is 0 Å². The van der Waals surface area contributed by atoms with Gasteiger partial charge in [0.1, 0.15) is 5.69 Å². The SMILES string of the molecule is CC(C)(C)C(O)CNC(=O)CCc1nc(-c2ccccn2)no1. The quantitative estimate of drug-likeness (QED) is 0.838. The minimum atomic E-state index is -0.592. The predicted molar refractivity (Wildman–Crippen MR) is 84.3 cm³/mol. The van der Waals surface area contributed by atoms with Gasteiger partial charge in [-0.3, -0.25) is 9.78 Å². The molecule has 0 saturated carbocycles. The number of carbonyl (C=O) groups is 1. The third-order valence-corrected chi connectivity index (χ3v) is 3.42. The number of nitrogens with one attached hydrogen (secondary N) is 1. The van der Waals surface area contributed by atoms with Crippen LogP contribution < -0.4 is 5.32 Å². The van der Waals surface area contributed by atoms with Crippen molar-refractivity contribution >= 4 is 5.91 Å². The molecular weight excluding hydrogens is 296 g/mol. The van der Waals surface area contributed by atoms with E-state index in [-0.39, 0.29) is 24.3 Å². The molecule has 124 valence electrons. The molecule has 0 aliphatic rings. The molecule has 0 bridgehead atoms. The van der Waals surface area contributed by atoms with Gasteiger partial charge in [-0.2, -0.15) is 4.98 Å². The van der Waals surface area contributed by atoms with Gasteiger partial charge in [-0.15, -0.1) is 0 Å². The van der Waals surface area contributed by atoms with Gasteiger partial charge in [0.05, 0.1) is 6.10 Å². The average molecular weight is 318 g/mol. The molecule has 0 aliphatic heterocycles. The molecule has 1 unspecified atom stereocenters. The lowest BCUT2D eigenvalue weighted by atomic mass is 9.89. The summed E-state index contributed by atoms with van der Waals surface area (Å²) in [4.78, 5) is 20.2. The number of aryl methyl sites for hydroxylation is 1. The van der Waals surface area contributed by atoms with E-state index < -0.39 is 6.10 Å². The van der Waals surface area contributed by atoms with Crippen LogP contribution in [0.1, 0.15) is 33.1 Å². The molecule has 7 nitrogen and oxygen atoms in total. The van der Waals surface area contributed by atoms with Crippen molar-refractivity contribution in [2.24, 2.45) is 5.41 Å². The molecule has 1 amide bonds. The molecular formula is C16H22N4O3. The minimum Gasteiger partial charge on any atom is -0.391 e. The zero-order valence-electron chi connectivity index (χ0n) is 13.6. The van der Waals surface area contributed by atoms with E-state index in [4.69, 9.17) is 4.52 Å². The Kier molecular flexibility index (Phi) is 5.44. The normalized spacial score (nSPS) is 12.9. The molecule has 0 radical (unpaired) electrons. The lowest BCUT2D eigenvalue weighted by Crippen LogP contribution is -2.39. The second-order valence-electron chi connectivity index (χ2n) is 6.41. The van der Waals surface area contributed by atoms with Crippen molar-refractivity contribution in [1.29, 1.82) is 0 Å². The number of amides is 1. The Morgan fingerprint density at radius 2 is 2.17 bits per heavy atom. The Hall–Kier alpha value is -2.28. The Bertz CT molecular complexity index is 634. The fourth-order valence-electron chi connectivity index (χ4n) is 1.78. The maximum Gasteiger partial charge on any atom is 0.227 e. The van der Waals surface area contributed by atoms with Crippen LogP contribution in [0.5, 0.6) is 0 Å². The van der Waals surface area contributed by atoms with Crippen LogP contribution in [-0.4, -0.2) is 38.8 Å². The van der Waals surface area contributed by atoms with Crippen molar-refractivity contribution in [3.8, 4) is 11.5 Å². The van der Waals surface area contributed by atoms with Gasteiger partial charge in [0.25, 0.3) is 0 Å². The number of carbonyl (C=O) groups excluding carboxylic acids is 1. The van der Waals surface area contributed by atoms with E-state index in [2.05, 4.69) is 20.4 Å². The first-order chi connectivity index (χ1) is 10.9. The highest BCUT2D eigenvalue weighted by molar-refractivity contribution is 5.76. The highest BCUT2D eigenvalue weighted by Crippen LogP contribution is 2.18. The molecule has 2 rings (SSSR count). The van der Waals surface area contributed by atoms with Crippen LogP contribution >= 0.6 is 0 Å². The fraction of sp³-hybridized carbons (Fsp3) is 0.500. The van der Waals surface area contributed by atoms with Gasteiger partial charge in [-0.05, 0) is 17.5 Å². The highest BCUT2D eigenvalue weighted by atomic mass is 16.5. The zero-order valence-corrected chi connectivity index (χ0v) is 13.6. The third kappa shape index (κ3) is 5.14. The van der Waals surface area contributed by atoms with E-state index >= 15 is 0 Å². The summed E-state index contributed by atoms with van der Waals surface area (Å²) in [6.07, 6.45) is 1.63. The van der Waals surface area contributed by atoms with E-state index in [0.717, 1.165) is 0 Å². The third-order valence-electron chi connectivity index (χ3n) is 3.42. The molecule has 2 aromatic heterocycles. The van der Waals surface area contributed by atoms with Gasteiger partial charge in [-0.1, -0.05) is 32.0 Å². The Morgan fingerprint density at radius 1 is 1.39 bits per heavy atom. The summed E-state index contributed by atoms with van der Waals surface area (Å²) in [5, 5.41) is 16.4. The fourth-order valence-corrected chi connectivity index (χ4v) is 1.78. The van der Waals surface area contributed by atoms with Crippen LogP contribution in [0.2, 0.25) is 0 Å². The molecule has 2 heterocycles. The predicted octanol–water partition coefficient (Wildman–Crippen LogP) is 1.59. The van der Waals surface area contributed by atoms with Gasteiger partial charge in [-0.25, -0.2) is 0 Å². The lowest BCUT2D eigenvalue weighted by Gasteiger charge is -2.25. The van der Waals surface area contributed by atoms with Crippen molar-refractivity contribution in [2.45, 2.75) is 39.7 Å². The summed E-state index contributed by atoms with van der Waals surface area (Å²) in [5.74, 6) is 0.632. The summed E-state index contributed by atoms with van der Waals surface area (Å²) in [6.45, 7) is 5.98. The topological polar surface area (TPSA) is 101 Å². The molecule has 2 aromatic rings. The molecule has 0 aliphatic carbocycles. The standard InChI is InChI=1S/C16H22N4O3/c1-16(2,3)12(21)10-18-13(22)7-8-14-19-15(20-23-14)11-6-4-5-9-17-11/h4-6,9,12,21H,7-8,10H2,1-3H3,(H,18,22). The van der Waals surface area contributed by atoms with E-state index in [0.29, 0.717) is 23.8 Å². The molecule has 7 heteroatoms. The summed E-state index contributed by atoms with van der Waals surface area (Å²) in [6, 6.07) is 5.43. The van der Waals surface area contributed by atoms with Gasteiger partial charge in [0, 0.05) is 25.6 Å². The number of hydrogen-bond donors (Lipinski definition) is 2. The summed E-state index contributed by atoms with van der Waals surface area (Å²) in [5.41, 5.74) is 0.359. The summed E-state index contributed by atoms with van der Waals surface area (Å²) in [7, 11) is 0. The highest BCUT2D eigenvalue weighted by Gasteiger charge is 2.22. The Balaban J connectivity index is 1.80. The number of pyridine rings is 1. The number of hydrogen-bond acceptors (Lipinski definition) is 6. The molecule has 23 heavy (non-hydrogen) atoms. The minimum absolute atomic E-state index is 0.161. The van der Waals surface area contributed by atoms with Gasteiger partial charge >= 0.3 is 0 Å². The number of rotatable bonds is 6. The molecule has 0 saturated heterocycles. The van der Waals surface area contributed by atoms with Crippen molar-refractivity contribution in [3.63, 3.8) is 0 Å². The van der Waals surface area contributed by atoms with Crippen LogP contribution in [0.3, 0.4) is 0 Å².